The highest BCUT2D eigenvalue weighted by Gasteiger charge is 2.26. The molecular formula is C26H21N5O. The maximum absolute atomic E-state index is 12.5. The molecule has 0 radical (unpaired) electrons. The van der Waals surface area contributed by atoms with Gasteiger partial charge in [0.25, 0.3) is 5.91 Å². The molecule has 0 unspecified atom stereocenters. The number of rotatable bonds is 4. The lowest BCUT2D eigenvalue weighted by molar-refractivity contribution is 0.0940. The quantitative estimate of drug-likeness (QED) is 0.537. The Morgan fingerprint density at radius 2 is 1.84 bits per heavy atom. The van der Waals surface area contributed by atoms with Crippen LogP contribution in [-0.4, -0.2) is 35.0 Å². The number of amides is 1. The molecule has 6 nitrogen and oxygen atoms in total. The van der Waals surface area contributed by atoms with Crippen molar-refractivity contribution < 1.29 is 4.79 Å². The highest BCUT2D eigenvalue weighted by molar-refractivity contribution is 5.94. The minimum absolute atomic E-state index is 0.0195. The molecule has 156 valence electrons. The molecule has 1 fully saturated rings. The average molecular weight is 419 g/mol. The molecule has 2 heterocycles. The van der Waals surface area contributed by atoms with Crippen molar-refractivity contribution in [2.45, 2.75) is 12.5 Å². The van der Waals surface area contributed by atoms with Gasteiger partial charge in [0.1, 0.15) is 0 Å². The fourth-order valence-electron chi connectivity index (χ4n) is 4.03. The third kappa shape index (κ3) is 4.01. The molecule has 0 bridgehead atoms. The molecule has 0 saturated carbocycles. The summed E-state index contributed by atoms with van der Waals surface area (Å²) in [6.07, 6.45) is 2.61. The first-order valence-corrected chi connectivity index (χ1v) is 10.6. The first kappa shape index (κ1) is 19.7. The van der Waals surface area contributed by atoms with Crippen LogP contribution in [0.5, 0.6) is 0 Å². The second kappa shape index (κ2) is 8.48. The summed E-state index contributed by atoms with van der Waals surface area (Å²) in [6.45, 7) is 1.43. The van der Waals surface area contributed by atoms with E-state index in [1.807, 2.05) is 18.2 Å². The van der Waals surface area contributed by atoms with E-state index in [1.54, 1.807) is 30.5 Å². The molecular weight excluding hydrogens is 398 g/mol. The van der Waals surface area contributed by atoms with Crippen LogP contribution in [0.25, 0.3) is 22.0 Å². The Balaban J connectivity index is 1.28. The van der Waals surface area contributed by atoms with E-state index in [4.69, 9.17) is 10.2 Å². The summed E-state index contributed by atoms with van der Waals surface area (Å²) < 4.78 is 0. The lowest BCUT2D eigenvalue weighted by Crippen LogP contribution is -2.37. The van der Waals surface area contributed by atoms with Crippen LogP contribution < -0.4 is 10.2 Å². The molecule has 1 amide bonds. The van der Waals surface area contributed by atoms with Crippen molar-refractivity contribution in [3.05, 3.63) is 90.1 Å². The number of nitrogens with zero attached hydrogens (tertiary/aromatic N) is 4. The fourth-order valence-corrected chi connectivity index (χ4v) is 4.03. The molecule has 0 aliphatic carbocycles. The van der Waals surface area contributed by atoms with Crippen LogP contribution in [0.3, 0.4) is 0 Å². The van der Waals surface area contributed by atoms with Crippen LogP contribution in [0.15, 0.2) is 79.0 Å². The number of anilines is 1. The van der Waals surface area contributed by atoms with Gasteiger partial charge in [-0.1, -0.05) is 36.4 Å². The van der Waals surface area contributed by atoms with Gasteiger partial charge >= 0.3 is 0 Å². The minimum Gasteiger partial charge on any atom is -0.347 e. The van der Waals surface area contributed by atoms with Gasteiger partial charge < -0.3 is 10.2 Å². The van der Waals surface area contributed by atoms with Gasteiger partial charge in [-0.25, -0.2) is 9.97 Å². The highest BCUT2D eigenvalue weighted by atomic mass is 16.1. The van der Waals surface area contributed by atoms with E-state index in [2.05, 4.69) is 51.6 Å². The Morgan fingerprint density at radius 3 is 2.66 bits per heavy atom. The Labute approximate surface area is 186 Å². The summed E-state index contributed by atoms with van der Waals surface area (Å²) in [5.41, 5.74) is 3.03. The Hall–Kier alpha value is -4.24. The van der Waals surface area contributed by atoms with Crippen molar-refractivity contribution in [3.8, 4) is 17.3 Å². The number of aromatic nitrogens is 2. The highest BCUT2D eigenvalue weighted by Crippen LogP contribution is 2.25. The fraction of sp³-hybridized carbons (Fsp3) is 0.154. The van der Waals surface area contributed by atoms with E-state index in [-0.39, 0.29) is 11.9 Å². The minimum atomic E-state index is -0.132. The standard InChI is InChI=1S/C26H21N5O/c27-16-18-5-7-20(8-6-18)25(32)29-23-12-14-31(17-23)26-28-13-11-24(30-26)22-10-9-19-3-1-2-4-21(19)15-22/h1-11,13,15,23H,12,14,17H2,(H,29,32)/t23-/m1/s1. The van der Waals surface area contributed by atoms with Crippen LogP contribution in [0.4, 0.5) is 5.95 Å². The first-order valence-electron chi connectivity index (χ1n) is 10.6. The van der Waals surface area contributed by atoms with Gasteiger partial charge in [0.15, 0.2) is 0 Å². The second-order valence-corrected chi connectivity index (χ2v) is 7.90. The Kier molecular flexibility index (Phi) is 5.22. The van der Waals surface area contributed by atoms with Crippen molar-refractivity contribution in [1.29, 1.82) is 5.26 Å². The zero-order chi connectivity index (χ0) is 21.9. The summed E-state index contributed by atoms with van der Waals surface area (Å²) in [4.78, 5) is 23.9. The molecule has 1 atom stereocenters. The molecule has 0 spiro atoms. The normalized spacial score (nSPS) is 15.5. The third-order valence-electron chi connectivity index (χ3n) is 5.77. The van der Waals surface area contributed by atoms with Gasteiger partial charge in [-0.2, -0.15) is 5.26 Å². The maximum atomic E-state index is 12.5. The van der Waals surface area contributed by atoms with Crippen molar-refractivity contribution in [2.24, 2.45) is 0 Å². The number of benzene rings is 3. The lowest BCUT2D eigenvalue weighted by Gasteiger charge is -2.17. The van der Waals surface area contributed by atoms with E-state index < -0.39 is 0 Å². The molecule has 4 aromatic rings. The third-order valence-corrected chi connectivity index (χ3v) is 5.77. The van der Waals surface area contributed by atoms with Gasteiger partial charge in [0.2, 0.25) is 5.95 Å². The van der Waals surface area contributed by atoms with Crippen LogP contribution >= 0.6 is 0 Å². The topological polar surface area (TPSA) is 81.9 Å². The van der Waals surface area contributed by atoms with E-state index in [1.165, 1.54) is 10.8 Å². The van der Waals surface area contributed by atoms with Crippen molar-refractivity contribution in [1.82, 2.24) is 15.3 Å². The van der Waals surface area contributed by atoms with Crippen LogP contribution in [-0.2, 0) is 0 Å². The predicted molar refractivity (Wildman–Crippen MR) is 124 cm³/mol. The van der Waals surface area contributed by atoms with Gasteiger partial charge in [-0.3, -0.25) is 4.79 Å². The lowest BCUT2D eigenvalue weighted by atomic mass is 10.1. The molecule has 1 saturated heterocycles. The zero-order valence-corrected chi connectivity index (χ0v) is 17.4. The molecule has 5 rings (SSSR count). The second-order valence-electron chi connectivity index (χ2n) is 7.90. The molecule has 1 N–H and O–H groups in total. The van der Waals surface area contributed by atoms with Gasteiger partial charge in [0.05, 0.1) is 17.3 Å². The molecule has 1 aliphatic heterocycles. The van der Waals surface area contributed by atoms with E-state index in [9.17, 15) is 4.79 Å². The van der Waals surface area contributed by atoms with Crippen molar-refractivity contribution in [3.63, 3.8) is 0 Å². The molecule has 1 aliphatic rings. The molecule has 3 aromatic carbocycles. The Morgan fingerprint density at radius 1 is 1.03 bits per heavy atom. The smallest absolute Gasteiger partial charge is 0.251 e. The number of carbonyl (C=O) groups excluding carboxylic acids is 1. The SMILES string of the molecule is N#Cc1ccc(C(=O)N[C@@H]2CCN(c3nccc(-c4ccc5ccccc5c4)n3)C2)cc1. The van der Waals surface area contributed by atoms with E-state index >= 15 is 0 Å². The zero-order valence-electron chi connectivity index (χ0n) is 17.4. The van der Waals surface area contributed by atoms with Crippen molar-refractivity contribution in [2.75, 3.05) is 18.0 Å². The van der Waals surface area contributed by atoms with E-state index in [0.29, 0.717) is 23.6 Å². The largest absolute Gasteiger partial charge is 0.347 e. The van der Waals surface area contributed by atoms with Gasteiger partial charge in [-0.15, -0.1) is 0 Å². The van der Waals surface area contributed by atoms with Gasteiger partial charge in [-0.05, 0) is 53.6 Å². The predicted octanol–water partition coefficient (Wildman–Crippen LogP) is 4.18. The number of carbonyl (C=O) groups is 1. The number of nitriles is 1. The molecule has 6 heteroatoms. The number of hydrogen-bond acceptors (Lipinski definition) is 5. The summed E-state index contributed by atoms with van der Waals surface area (Å²) in [5, 5.41) is 14.4. The monoisotopic (exact) mass is 419 g/mol. The molecule has 32 heavy (non-hydrogen) atoms. The number of nitrogens with one attached hydrogen (secondary N) is 1. The summed E-state index contributed by atoms with van der Waals surface area (Å²) >= 11 is 0. The molecule has 1 aromatic heterocycles. The number of fused-ring (bicyclic) bond motifs is 1. The Bertz CT molecular complexity index is 1330. The summed E-state index contributed by atoms with van der Waals surface area (Å²) in [6, 6.07) is 25.3. The maximum Gasteiger partial charge on any atom is 0.251 e. The van der Waals surface area contributed by atoms with Crippen LogP contribution in [0.2, 0.25) is 0 Å². The van der Waals surface area contributed by atoms with Crippen LogP contribution in [0, 0.1) is 11.3 Å². The van der Waals surface area contributed by atoms with Crippen molar-refractivity contribution >= 4 is 22.6 Å². The van der Waals surface area contributed by atoms with E-state index in [0.717, 1.165) is 24.2 Å². The van der Waals surface area contributed by atoms with Crippen LogP contribution in [0.1, 0.15) is 22.3 Å². The summed E-state index contributed by atoms with van der Waals surface area (Å²) in [5.74, 6) is 0.540. The number of hydrogen-bond donors (Lipinski definition) is 1. The van der Waals surface area contributed by atoms with Gasteiger partial charge in [0, 0.05) is 36.5 Å². The summed E-state index contributed by atoms with van der Waals surface area (Å²) in [7, 11) is 0. The first-order chi connectivity index (χ1) is 15.7. The average Bonchev–Trinajstić information content (AvgIpc) is 3.32.